The number of amides is 1. The van der Waals surface area contributed by atoms with Crippen molar-refractivity contribution in [3.8, 4) is 0 Å². The van der Waals surface area contributed by atoms with Gasteiger partial charge in [0.15, 0.2) is 0 Å². The lowest BCUT2D eigenvalue weighted by Gasteiger charge is -2.21. The molecule has 0 radical (unpaired) electrons. The highest BCUT2D eigenvalue weighted by Crippen LogP contribution is 2.20. The largest absolute Gasteiger partial charge is 0.372 e. The van der Waals surface area contributed by atoms with Gasteiger partial charge in [0.2, 0.25) is 0 Å². The van der Waals surface area contributed by atoms with Crippen LogP contribution in [0, 0.1) is 5.92 Å². The van der Waals surface area contributed by atoms with E-state index in [9.17, 15) is 4.79 Å². The van der Waals surface area contributed by atoms with Gasteiger partial charge in [-0.3, -0.25) is 9.48 Å². The Morgan fingerprint density at radius 3 is 2.67 bits per heavy atom. The van der Waals surface area contributed by atoms with Gasteiger partial charge in [0.25, 0.3) is 5.91 Å². The number of carbonyl (C=O) groups is 1. The van der Waals surface area contributed by atoms with Crippen LogP contribution in [0.2, 0.25) is 0 Å². The van der Waals surface area contributed by atoms with Gasteiger partial charge in [-0.1, -0.05) is 13.8 Å². The molecule has 0 aliphatic heterocycles. The predicted molar refractivity (Wildman–Crippen MR) is 79.8 cm³/mol. The van der Waals surface area contributed by atoms with Crippen LogP contribution in [0.5, 0.6) is 0 Å². The monoisotopic (exact) mass is 288 g/mol. The molecule has 21 heavy (non-hydrogen) atoms. The molecule has 2 heterocycles. The molecule has 1 atom stereocenters. The van der Waals surface area contributed by atoms with Crippen LogP contribution >= 0.6 is 0 Å². The van der Waals surface area contributed by atoms with Crippen LogP contribution < -0.4 is 10.6 Å². The maximum atomic E-state index is 12.5. The highest BCUT2D eigenvalue weighted by atomic mass is 16.1. The third kappa shape index (κ3) is 3.18. The van der Waals surface area contributed by atoms with Crippen LogP contribution in [-0.2, 0) is 7.05 Å². The normalized spacial score (nSPS) is 12.2. The van der Waals surface area contributed by atoms with E-state index in [2.05, 4.69) is 25.7 Å². The van der Waals surface area contributed by atoms with Gasteiger partial charge in [-0.05, 0) is 18.1 Å². The molecule has 0 aliphatic rings. The molecular weight excluding hydrogens is 268 g/mol. The van der Waals surface area contributed by atoms with Gasteiger partial charge in [0, 0.05) is 20.3 Å². The summed E-state index contributed by atoms with van der Waals surface area (Å²) < 4.78 is 1.67. The average molecular weight is 288 g/mol. The van der Waals surface area contributed by atoms with Gasteiger partial charge in [0.1, 0.15) is 18.0 Å². The summed E-state index contributed by atoms with van der Waals surface area (Å²) in [6.45, 7) is 4.06. The Morgan fingerprint density at radius 1 is 1.33 bits per heavy atom. The topological polar surface area (TPSA) is 84.7 Å². The second-order valence-corrected chi connectivity index (χ2v) is 5.09. The van der Waals surface area contributed by atoms with Crippen LogP contribution in [0.4, 0.5) is 5.82 Å². The molecule has 0 spiro atoms. The molecule has 7 heteroatoms. The van der Waals surface area contributed by atoms with Crippen molar-refractivity contribution in [1.82, 2.24) is 25.1 Å². The van der Waals surface area contributed by atoms with Gasteiger partial charge in [-0.25, -0.2) is 9.97 Å². The van der Waals surface area contributed by atoms with Crippen molar-refractivity contribution in [2.24, 2.45) is 13.0 Å². The highest BCUT2D eigenvalue weighted by Gasteiger charge is 2.24. The number of carbonyl (C=O) groups excluding carboxylic acids is 1. The van der Waals surface area contributed by atoms with Crippen molar-refractivity contribution >= 4 is 11.7 Å². The summed E-state index contributed by atoms with van der Waals surface area (Å²) in [5.41, 5.74) is 0.507. The van der Waals surface area contributed by atoms with E-state index >= 15 is 0 Å². The van der Waals surface area contributed by atoms with E-state index < -0.39 is 0 Å². The second-order valence-electron chi connectivity index (χ2n) is 5.09. The first kappa shape index (κ1) is 15.0. The Kier molecular flexibility index (Phi) is 4.52. The molecule has 1 amide bonds. The first-order valence-corrected chi connectivity index (χ1v) is 6.82. The van der Waals surface area contributed by atoms with Crippen molar-refractivity contribution in [3.63, 3.8) is 0 Å². The number of nitrogens with one attached hydrogen (secondary N) is 2. The summed E-state index contributed by atoms with van der Waals surface area (Å²) in [5, 5.41) is 9.99. The number of anilines is 1. The van der Waals surface area contributed by atoms with Gasteiger partial charge in [-0.2, -0.15) is 5.10 Å². The lowest BCUT2D eigenvalue weighted by atomic mass is 10.0. The Bertz CT molecular complexity index is 621. The number of aryl methyl sites for hydroxylation is 1. The maximum absolute atomic E-state index is 12.5. The molecule has 0 aromatic carbocycles. The minimum atomic E-state index is -0.213. The zero-order chi connectivity index (χ0) is 15.4. The summed E-state index contributed by atoms with van der Waals surface area (Å²) in [5.74, 6) is 1.28. The Labute approximate surface area is 123 Å². The maximum Gasteiger partial charge on any atom is 0.255 e. The molecular formula is C14H20N6O. The fraction of sp³-hybridized carbons (Fsp3) is 0.429. The van der Waals surface area contributed by atoms with Gasteiger partial charge in [0.05, 0.1) is 11.6 Å². The SMILES string of the molecule is CNc1ncccc1C(=O)N[C@@H](c1ncnn1C)C(C)C. The summed E-state index contributed by atoms with van der Waals surface area (Å²) >= 11 is 0. The van der Waals surface area contributed by atoms with E-state index in [1.165, 1.54) is 6.33 Å². The standard InChI is InChI=1S/C14H20N6O/c1-9(2)11(13-17-8-18-20(13)4)19-14(21)10-6-5-7-16-12(10)15-3/h5-9,11H,1-4H3,(H,15,16)(H,19,21)/t11-/m1/s1. The summed E-state index contributed by atoms with van der Waals surface area (Å²) in [4.78, 5) is 20.9. The van der Waals surface area contributed by atoms with Crippen molar-refractivity contribution in [2.75, 3.05) is 12.4 Å². The van der Waals surface area contributed by atoms with E-state index in [1.54, 1.807) is 30.1 Å². The van der Waals surface area contributed by atoms with E-state index in [1.807, 2.05) is 20.9 Å². The molecule has 0 bridgehead atoms. The van der Waals surface area contributed by atoms with Gasteiger partial charge in [-0.15, -0.1) is 0 Å². The predicted octanol–water partition coefficient (Wildman–Crippen LogP) is 1.38. The first-order valence-electron chi connectivity index (χ1n) is 6.82. The van der Waals surface area contributed by atoms with E-state index in [4.69, 9.17) is 0 Å². The molecule has 7 nitrogen and oxygen atoms in total. The fourth-order valence-corrected chi connectivity index (χ4v) is 2.12. The lowest BCUT2D eigenvalue weighted by Crippen LogP contribution is -2.34. The third-order valence-corrected chi connectivity index (χ3v) is 3.27. The molecule has 2 rings (SSSR count). The average Bonchev–Trinajstić information content (AvgIpc) is 2.90. The van der Waals surface area contributed by atoms with Crippen molar-refractivity contribution < 1.29 is 4.79 Å². The third-order valence-electron chi connectivity index (χ3n) is 3.27. The van der Waals surface area contributed by atoms with E-state index in [-0.39, 0.29) is 17.9 Å². The molecule has 0 saturated heterocycles. The Morgan fingerprint density at radius 2 is 2.10 bits per heavy atom. The quantitative estimate of drug-likeness (QED) is 0.868. The molecule has 0 fully saturated rings. The summed E-state index contributed by atoms with van der Waals surface area (Å²) in [6, 6.07) is 3.26. The smallest absolute Gasteiger partial charge is 0.255 e. The lowest BCUT2D eigenvalue weighted by molar-refractivity contribution is 0.0922. The first-order chi connectivity index (χ1) is 10.0. The number of hydrogen-bond donors (Lipinski definition) is 2. The van der Waals surface area contributed by atoms with Crippen molar-refractivity contribution in [2.45, 2.75) is 19.9 Å². The number of aromatic nitrogens is 4. The molecule has 0 unspecified atom stereocenters. The van der Waals surface area contributed by atoms with Crippen LogP contribution in [0.3, 0.4) is 0 Å². The minimum absolute atomic E-state index is 0.186. The second kappa shape index (κ2) is 6.34. The molecule has 0 saturated carbocycles. The number of hydrogen-bond acceptors (Lipinski definition) is 5. The Balaban J connectivity index is 2.25. The zero-order valence-corrected chi connectivity index (χ0v) is 12.7. The number of rotatable bonds is 5. The molecule has 2 aromatic heterocycles. The highest BCUT2D eigenvalue weighted by molar-refractivity contribution is 5.98. The molecule has 2 N–H and O–H groups in total. The zero-order valence-electron chi connectivity index (χ0n) is 12.7. The summed E-state index contributed by atoms with van der Waals surface area (Å²) in [7, 11) is 3.55. The van der Waals surface area contributed by atoms with Crippen LogP contribution in [0.1, 0.15) is 36.1 Å². The van der Waals surface area contributed by atoms with E-state index in [0.717, 1.165) is 5.82 Å². The van der Waals surface area contributed by atoms with Crippen LogP contribution in [0.15, 0.2) is 24.7 Å². The van der Waals surface area contributed by atoms with E-state index in [0.29, 0.717) is 11.4 Å². The van der Waals surface area contributed by atoms with Gasteiger partial charge < -0.3 is 10.6 Å². The minimum Gasteiger partial charge on any atom is -0.372 e. The fourth-order valence-electron chi connectivity index (χ4n) is 2.12. The molecule has 2 aromatic rings. The van der Waals surface area contributed by atoms with Crippen LogP contribution in [-0.4, -0.2) is 32.7 Å². The van der Waals surface area contributed by atoms with Crippen molar-refractivity contribution in [3.05, 3.63) is 36.0 Å². The number of pyridine rings is 1. The van der Waals surface area contributed by atoms with Crippen molar-refractivity contribution in [1.29, 1.82) is 0 Å². The van der Waals surface area contributed by atoms with Gasteiger partial charge >= 0.3 is 0 Å². The molecule has 112 valence electrons. The van der Waals surface area contributed by atoms with Crippen LogP contribution in [0.25, 0.3) is 0 Å². The Hall–Kier alpha value is -2.44. The summed E-state index contributed by atoms with van der Waals surface area (Å²) in [6.07, 6.45) is 3.13. The number of nitrogens with zero attached hydrogens (tertiary/aromatic N) is 4. The molecule has 0 aliphatic carbocycles.